The third-order valence-electron chi connectivity index (χ3n) is 5.84. The first-order valence-electron chi connectivity index (χ1n) is 10.8. The summed E-state index contributed by atoms with van der Waals surface area (Å²) in [4.78, 5) is 11.5. The van der Waals surface area contributed by atoms with Gasteiger partial charge < -0.3 is 28.5 Å². The number of benzene rings is 2. The van der Waals surface area contributed by atoms with Gasteiger partial charge in [0, 0.05) is 20.6 Å². The quantitative estimate of drug-likeness (QED) is 0.366. The fourth-order valence-electron chi connectivity index (χ4n) is 4.22. The molecule has 0 aromatic heterocycles. The molecule has 0 bridgehead atoms. The van der Waals surface area contributed by atoms with E-state index in [2.05, 4.69) is 6.58 Å². The number of rotatable bonds is 12. The van der Waals surface area contributed by atoms with Crippen molar-refractivity contribution in [2.24, 2.45) is 0 Å². The van der Waals surface area contributed by atoms with Gasteiger partial charge in [0.2, 0.25) is 0 Å². The van der Waals surface area contributed by atoms with E-state index in [1.165, 1.54) is 0 Å². The number of ether oxygens (including phenoxy) is 5. The molecule has 0 radical (unpaired) electrons. The molecule has 1 aliphatic rings. The topological polar surface area (TPSA) is 63.2 Å². The molecule has 32 heavy (non-hydrogen) atoms. The normalized spacial score (nSPS) is 27.7. The highest BCUT2D eigenvalue weighted by atomic mass is 16.7. The van der Waals surface area contributed by atoms with Crippen molar-refractivity contribution in [2.45, 2.75) is 56.3 Å². The number of carbonyl (C=O) groups is 1. The van der Waals surface area contributed by atoms with Gasteiger partial charge >= 0.3 is 0 Å². The predicted octanol–water partition coefficient (Wildman–Crippen LogP) is 4.08. The van der Waals surface area contributed by atoms with Gasteiger partial charge in [-0.15, -0.1) is 6.58 Å². The third-order valence-corrected chi connectivity index (χ3v) is 5.84. The van der Waals surface area contributed by atoms with Gasteiger partial charge in [-0.25, -0.2) is 0 Å². The van der Waals surface area contributed by atoms with E-state index in [-0.39, 0.29) is 6.42 Å². The van der Waals surface area contributed by atoms with Crippen LogP contribution in [0.1, 0.15) is 24.0 Å². The minimum atomic E-state index is -0.964. The SMILES string of the molecule is C=CC[C@@]1(OC)[C@H](OCc2ccccc2)[C@@H](OCc2ccccc2)[C@@H](OC)O[C@@H]1CC=O. The van der Waals surface area contributed by atoms with Gasteiger partial charge in [-0.1, -0.05) is 66.7 Å². The molecule has 1 saturated heterocycles. The van der Waals surface area contributed by atoms with Gasteiger partial charge in [0.1, 0.15) is 24.1 Å². The summed E-state index contributed by atoms with van der Waals surface area (Å²) in [6.45, 7) is 4.61. The molecule has 0 amide bonds. The maximum Gasteiger partial charge on any atom is 0.186 e. The van der Waals surface area contributed by atoms with Crippen LogP contribution in [0.15, 0.2) is 73.3 Å². The Labute approximate surface area is 190 Å². The molecule has 0 unspecified atom stereocenters. The summed E-state index contributed by atoms with van der Waals surface area (Å²) < 4.78 is 30.7. The average Bonchev–Trinajstić information content (AvgIpc) is 2.84. The smallest absolute Gasteiger partial charge is 0.186 e. The van der Waals surface area contributed by atoms with E-state index in [1.54, 1.807) is 20.3 Å². The molecule has 0 N–H and O–H groups in total. The zero-order valence-electron chi connectivity index (χ0n) is 18.7. The van der Waals surface area contributed by atoms with Gasteiger partial charge in [-0.3, -0.25) is 0 Å². The van der Waals surface area contributed by atoms with E-state index in [4.69, 9.17) is 23.7 Å². The summed E-state index contributed by atoms with van der Waals surface area (Å²) in [6.07, 6.45) is 0.674. The largest absolute Gasteiger partial charge is 0.372 e. The molecule has 1 fully saturated rings. The second-order valence-corrected chi connectivity index (χ2v) is 7.76. The highest BCUT2D eigenvalue weighted by molar-refractivity contribution is 5.51. The summed E-state index contributed by atoms with van der Waals surface area (Å²) in [6, 6.07) is 19.8. The van der Waals surface area contributed by atoms with Crippen LogP contribution in [-0.4, -0.2) is 50.7 Å². The molecule has 1 aliphatic heterocycles. The highest BCUT2D eigenvalue weighted by Crippen LogP contribution is 2.41. The Balaban J connectivity index is 1.94. The number of methoxy groups -OCH3 is 2. The summed E-state index contributed by atoms with van der Waals surface area (Å²) in [7, 11) is 3.16. The molecule has 5 atom stereocenters. The van der Waals surface area contributed by atoms with E-state index in [0.717, 1.165) is 17.4 Å². The number of hydrogen-bond donors (Lipinski definition) is 0. The van der Waals surface area contributed by atoms with Crippen molar-refractivity contribution >= 4 is 6.29 Å². The van der Waals surface area contributed by atoms with Crippen LogP contribution in [0.4, 0.5) is 0 Å². The van der Waals surface area contributed by atoms with Crippen molar-refractivity contribution in [2.75, 3.05) is 14.2 Å². The monoisotopic (exact) mass is 440 g/mol. The van der Waals surface area contributed by atoms with Crippen molar-refractivity contribution < 1.29 is 28.5 Å². The molecule has 2 aromatic rings. The van der Waals surface area contributed by atoms with E-state index in [9.17, 15) is 4.79 Å². The van der Waals surface area contributed by atoms with Crippen LogP contribution >= 0.6 is 0 Å². The molecule has 172 valence electrons. The standard InChI is InChI=1S/C26H32O6/c1-4-16-26(29-3)22(15-17-27)32-25(28-2)23(30-18-20-11-7-5-8-12-20)24(26)31-19-21-13-9-6-10-14-21/h4-14,17,22-25H,1,15-16,18-19H2,2-3H3/t22-,23-,24-,25+,26+/m1/s1. The van der Waals surface area contributed by atoms with Crippen molar-refractivity contribution in [1.29, 1.82) is 0 Å². The Morgan fingerprint density at radius 3 is 2.06 bits per heavy atom. The molecule has 2 aromatic carbocycles. The first-order chi connectivity index (χ1) is 15.7. The zero-order chi connectivity index (χ0) is 22.8. The van der Waals surface area contributed by atoms with Crippen molar-refractivity contribution in [3.05, 3.63) is 84.4 Å². The van der Waals surface area contributed by atoms with Gasteiger partial charge in [-0.05, 0) is 17.5 Å². The van der Waals surface area contributed by atoms with Crippen molar-refractivity contribution in [3.8, 4) is 0 Å². The van der Waals surface area contributed by atoms with Gasteiger partial charge in [-0.2, -0.15) is 0 Å². The van der Waals surface area contributed by atoms with Crippen LogP contribution in [0.5, 0.6) is 0 Å². The highest BCUT2D eigenvalue weighted by Gasteiger charge is 2.57. The Morgan fingerprint density at radius 2 is 1.56 bits per heavy atom. The Bertz CT molecular complexity index is 827. The van der Waals surface area contributed by atoms with Crippen LogP contribution in [0.25, 0.3) is 0 Å². The predicted molar refractivity (Wildman–Crippen MR) is 121 cm³/mol. The molecule has 1 heterocycles. The van der Waals surface area contributed by atoms with Crippen LogP contribution < -0.4 is 0 Å². The van der Waals surface area contributed by atoms with Crippen LogP contribution in [0, 0.1) is 0 Å². The molecular formula is C26H32O6. The molecule has 0 aliphatic carbocycles. The Morgan fingerprint density at radius 1 is 0.969 bits per heavy atom. The van der Waals surface area contributed by atoms with Crippen molar-refractivity contribution in [1.82, 2.24) is 0 Å². The zero-order valence-corrected chi connectivity index (χ0v) is 18.7. The molecule has 3 rings (SSSR count). The average molecular weight is 441 g/mol. The van der Waals surface area contributed by atoms with E-state index < -0.39 is 30.2 Å². The Hall–Kier alpha value is -2.35. The lowest BCUT2D eigenvalue weighted by Crippen LogP contribution is -2.68. The van der Waals surface area contributed by atoms with E-state index >= 15 is 0 Å². The molecule has 6 heteroatoms. The maximum absolute atomic E-state index is 11.5. The van der Waals surface area contributed by atoms with Crippen LogP contribution in [0.2, 0.25) is 0 Å². The Kier molecular flexibility index (Phi) is 9.14. The van der Waals surface area contributed by atoms with E-state index in [1.807, 2.05) is 60.7 Å². The minimum absolute atomic E-state index is 0.137. The minimum Gasteiger partial charge on any atom is -0.372 e. The van der Waals surface area contributed by atoms with Crippen LogP contribution in [0.3, 0.4) is 0 Å². The lowest BCUT2D eigenvalue weighted by Gasteiger charge is -2.52. The maximum atomic E-state index is 11.5. The van der Waals surface area contributed by atoms with Gasteiger partial charge in [0.05, 0.1) is 19.3 Å². The molecule has 6 nitrogen and oxygen atoms in total. The summed E-state index contributed by atoms with van der Waals surface area (Å²) in [5.74, 6) is 0. The number of aldehydes is 1. The van der Waals surface area contributed by atoms with Gasteiger partial charge in [0.15, 0.2) is 6.29 Å². The van der Waals surface area contributed by atoms with E-state index in [0.29, 0.717) is 19.6 Å². The lowest BCUT2D eigenvalue weighted by atomic mass is 9.79. The first kappa shape index (κ1) is 24.3. The summed E-state index contributed by atoms with van der Waals surface area (Å²) in [5, 5.41) is 0. The summed E-state index contributed by atoms with van der Waals surface area (Å²) in [5.41, 5.74) is 1.07. The third kappa shape index (κ3) is 5.52. The second-order valence-electron chi connectivity index (χ2n) is 7.76. The second kappa shape index (κ2) is 12.0. The molecule has 0 spiro atoms. The van der Waals surface area contributed by atoms with Crippen molar-refractivity contribution in [3.63, 3.8) is 0 Å². The fourth-order valence-corrected chi connectivity index (χ4v) is 4.22. The van der Waals surface area contributed by atoms with Gasteiger partial charge in [0.25, 0.3) is 0 Å². The lowest BCUT2D eigenvalue weighted by molar-refractivity contribution is -0.343. The number of hydrogen-bond acceptors (Lipinski definition) is 6. The molecule has 0 saturated carbocycles. The summed E-state index contributed by atoms with van der Waals surface area (Å²) >= 11 is 0. The first-order valence-corrected chi connectivity index (χ1v) is 10.8. The fraction of sp³-hybridized carbons (Fsp3) is 0.423. The number of carbonyl (C=O) groups excluding carboxylic acids is 1. The van der Waals surface area contributed by atoms with Crippen LogP contribution in [-0.2, 0) is 41.7 Å². The molecular weight excluding hydrogens is 408 g/mol.